The first-order valence-corrected chi connectivity index (χ1v) is 10.7. The Morgan fingerprint density at radius 3 is 2.81 bits per heavy atom. The number of carbonyl (C=O) groups is 1. The number of benzene rings is 1. The number of amides is 1. The number of halogens is 1. The topological polar surface area (TPSA) is 93.3 Å². The maximum Gasteiger partial charge on any atom is 0.294 e. The van der Waals surface area contributed by atoms with Gasteiger partial charge >= 0.3 is 0 Å². The standard InChI is InChI=1S/C21H18FN5O3S/c22-13-5-3-6-14(11-13)23-16(28)12-27-20(29)18-19(17(25-27)15-7-4-10-30-15)31-21(24-18)26-8-1-2-9-26/h3-7,10-11H,1-2,8-9,12H2,(H,23,28). The Balaban J connectivity index is 1.54. The highest BCUT2D eigenvalue weighted by atomic mass is 32.1. The first-order valence-electron chi connectivity index (χ1n) is 9.84. The van der Waals surface area contributed by atoms with Crippen LogP contribution in [0.15, 0.2) is 51.9 Å². The Labute approximate surface area is 179 Å². The van der Waals surface area contributed by atoms with Crippen molar-refractivity contribution in [1.82, 2.24) is 14.8 Å². The SMILES string of the molecule is O=C(Cn1nc(-c2ccco2)c2sc(N3CCCC3)nc2c1=O)Nc1cccc(F)c1. The fourth-order valence-corrected chi connectivity index (χ4v) is 4.68. The van der Waals surface area contributed by atoms with Crippen LogP contribution in [0, 0.1) is 5.82 Å². The Kier molecular flexibility index (Phi) is 4.99. The van der Waals surface area contributed by atoms with Gasteiger partial charge < -0.3 is 14.6 Å². The second-order valence-corrected chi connectivity index (χ2v) is 8.19. The minimum absolute atomic E-state index is 0.256. The van der Waals surface area contributed by atoms with Crippen molar-refractivity contribution in [2.45, 2.75) is 19.4 Å². The van der Waals surface area contributed by atoms with Crippen LogP contribution >= 0.6 is 11.3 Å². The number of hydrogen-bond acceptors (Lipinski definition) is 7. The molecule has 5 rings (SSSR count). The molecule has 0 atom stereocenters. The van der Waals surface area contributed by atoms with Gasteiger partial charge in [0.05, 0.1) is 11.0 Å². The van der Waals surface area contributed by atoms with Gasteiger partial charge in [0.25, 0.3) is 5.56 Å². The number of rotatable bonds is 5. The molecule has 4 aromatic rings. The van der Waals surface area contributed by atoms with Crippen LogP contribution in [-0.2, 0) is 11.3 Å². The lowest BCUT2D eigenvalue weighted by Crippen LogP contribution is -2.30. The van der Waals surface area contributed by atoms with E-state index in [-0.39, 0.29) is 12.1 Å². The number of carbonyl (C=O) groups excluding carboxylic acids is 1. The van der Waals surface area contributed by atoms with Gasteiger partial charge in [-0.05, 0) is 43.2 Å². The lowest BCUT2D eigenvalue weighted by Gasteiger charge is -2.11. The Morgan fingerprint density at radius 2 is 2.06 bits per heavy atom. The zero-order chi connectivity index (χ0) is 21.4. The first kappa shape index (κ1) is 19.4. The van der Waals surface area contributed by atoms with Crippen molar-refractivity contribution in [1.29, 1.82) is 0 Å². The number of anilines is 2. The molecule has 1 amide bonds. The molecule has 10 heteroatoms. The summed E-state index contributed by atoms with van der Waals surface area (Å²) >= 11 is 1.40. The van der Waals surface area contributed by atoms with E-state index in [0.717, 1.165) is 35.7 Å². The quantitative estimate of drug-likeness (QED) is 0.512. The lowest BCUT2D eigenvalue weighted by atomic mass is 10.3. The maximum absolute atomic E-state index is 13.4. The van der Waals surface area contributed by atoms with Crippen LogP contribution < -0.4 is 15.8 Å². The van der Waals surface area contributed by atoms with Crippen molar-refractivity contribution in [3.05, 3.63) is 58.8 Å². The van der Waals surface area contributed by atoms with E-state index in [2.05, 4.69) is 20.3 Å². The fourth-order valence-electron chi connectivity index (χ4n) is 3.58. The average Bonchev–Trinajstić information content (AvgIpc) is 3.51. The molecule has 8 nitrogen and oxygen atoms in total. The molecule has 0 spiro atoms. The monoisotopic (exact) mass is 439 g/mol. The molecule has 1 aliphatic rings. The number of furan rings is 1. The Hall–Kier alpha value is -3.53. The number of nitrogens with one attached hydrogen (secondary N) is 1. The van der Waals surface area contributed by atoms with Crippen LogP contribution in [-0.4, -0.2) is 33.8 Å². The third kappa shape index (κ3) is 3.81. The molecule has 158 valence electrons. The van der Waals surface area contributed by atoms with Crippen LogP contribution in [0.3, 0.4) is 0 Å². The van der Waals surface area contributed by atoms with E-state index < -0.39 is 17.3 Å². The van der Waals surface area contributed by atoms with Gasteiger partial charge in [0, 0.05) is 18.8 Å². The molecule has 0 bridgehead atoms. The maximum atomic E-state index is 13.4. The van der Waals surface area contributed by atoms with E-state index in [1.165, 1.54) is 35.8 Å². The third-order valence-electron chi connectivity index (χ3n) is 5.02. The number of aromatic nitrogens is 3. The van der Waals surface area contributed by atoms with E-state index in [9.17, 15) is 14.0 Å². The molecule has 0 unspecified atom stereocenters. The summed E-state index contributed by atoms with van der Waals surface area (Å²) in [6.45, 7) is 1.46. The number of thiazole rings is 1. The zero-order valence-corrected chi connectivity index (χ0v) is 17.2. The molecule has 0 aliphatic carbocycles. The second kappa shape index (κ2) is 7.95. The summed E-state index contributed by atoms with van der Waals surface area (Å²) < 4.78 is 20.6. The summed E-state index contributed by atoms with van der Waals surface area (Å²) in [4.78, 5) is 32.3. The highest BCUT2D eigenvalue weighted by Gasteiger charge is 2.23. The normalized spacial score (nSPS) is 13.8. The third-order valence-corrected chi connectivity index (χ3v) is 6.14. The van der Waals surface area contributed by atoms with Crippen molar-refractivity contribution in [2.24, 2.45) is 0 Å². The molecule has 1 N–H and O–H groups in total. The summed E-state index contributed by atoms with van der Waals surface area (Å²) in [6, 6.07) is 9.03. The summed E-state index contributed by atoms with van der Waals surface area (Å²) in [5.41, 5.74) is 0.560. The minimum Gasteiger partial charge on any atom is -0.463 e. The van der Waals surface area contributed by atoms with Crippen molar-refractivity contribution in [3.63, 3.8) is 0 Å². The smallest absolute Gasteiger partial charge is 0.294 e. The minimum atomic E-state index is -0.500. The van der Waals surface area contributed by atoms with Gasteiger partial charge in [-0.2, -0.15) is 5.10 Å². The van der Waals surface area contributed by atoms with E-state index in [1.54, 1.807) is 18.2 Å². The second-order valence-electron chi connectivity index (χ2n) is 7.22. The van der Waals surface area contributed by atoms with Crippen molar-refractivity contribution in [2.75, 3.05) is 23.3 Å². The highest BCUT2D eigenvalue weighted by Crippen LogP contribution is 2.35. The molecule has 31 heavy (non-hydrogen) atoms. The highest BCUT2D eigenvalue weighted by molar-refractivity contribution is 7.22. The van der Waals surface area contributed by atoms with Gasteiger partial charge in [0.2, 0.25) is 5.91 Å². The molecule has 1 saturated heterocycles. The first-order chi connectivity index (χ1) is 15.1. The lowest BCUT2D eigenvalue weighted by molar-refractivity contribution is -0.117. The van der Waals surface area contributed by atoms with Crippen molar-refractivity contribution < 1.29 is 13.6 Å². The van der Waals surface area contributed by atoms with Gasteiger partial charge in [0.15, 0.2) is 16.4 Å². The van der Waals surface area contributed by atoms with Crippen LogP contribution in [0.25, 0.3) is 21.7 Å². The predicted octanol–water partition coefficient (Wildman–Crippen LogP) is 3.49. The number of hydrogen-bond donors (Lipinski definition) is 1. The Morgan fingerprint density at radius 1 is 1.23 bits per heavy atom. The van der Waals surface area contributed by atoms with E-state index >= 15 is 0 Å². The van der Waals surface area contributed by atoms with Gasteiger partial charge in [-0.25, -0.2) is 14.1 Å². The molecule has 1 aromatic carbocycles. The molecule has 1 fully saturated rings. The summed E-state index contributed by atoms with van der Waals surface area (Å²) in [5.74, 6) is -0.479. The van der Waals surface area contributed by atoms with Crippen LogP contribution in [0.2, 0.25) is 0 Å². The average molecular weight is 439 g/mol. The van der Waals surface area contributed by atoms with Crippen molar-refractivity contribution in [3.8, 4) is 11.5 Å². The molecule has 0 saturated carbocycles. The molecule has 1 aliphatic heterocycles. The summed E-state index contributed by atoms with van der Waals surface area (Å²) in [6.07, 6.45) is 3.70. The number of nitrogens with zero attached hydrogens (tertiary/aromatic N) is 4. The summed E-state index contributed by atoms with van der Waals surface area (Å²) in [7, 11) is 0. The Bertz CT molecular complexity index is 1310. The van der Waals surface area contributed by atoms with Crippen molar-refractivity contribution >= 4 is 38.3 Å². The molecular weight excluding hydrogens is 421 g/mol. The molecule has 3 aromatic heterocycles. The molecule has 0 radical (unpaired) electrons. The number of fused-ring (bicyclic) bond motifs is 1. The van der Waals surface area contributed by atoms with Gasteiger partial charge in [0.1, 0.15) is 18.1 Å². The van der Waals surface area contributed by atoms with Crippen LogP contribution in [0.5, 0.6) is 0 Å². The molecule has 4 heterocycles. The largest absolute Gasteiger partial charge is 0.463 e. The van der Waals surface area contributed by atoms with E-state index in [4.69, 9.17) is 4.42 Å². The van der Waals surface area contributed by atoms with E-state index in [1.807, 2.05) is 0 Å². The summed E-state index contributed by atoms with van der Waals surface area (Å²) in [5, 5.41) is 7.76. The van der Waals surface area contributed by atoms with Gasteiger partial charge in [-0.3, -0.25) is 9.59 Å². The van der Waals surface area contributed by atoms with E-state index in [0.29, 0.717) is 21.8 Å². The zero-order valence-electron chi connectivity index (χ0n) is 16.4. The van der Waals surface area contributed by atoms with Gasteiger partial charge in [-0.1, -0.05) is 17.4 Å². The molecular formula is C21H18FN5O3S. The predicted molar refractivity (Wildman–Crippen MR) is 116 cm³/mol. The van der Waals surface area contributed by atoms with Crippen LogP contribution in [0.4, 0.5) is 15.2 Å². The fraction of sp³-hybridized carbons (Fsp3) is 0.238. The van der Waals surface area contributed by atoms with Gasteiger partial charge in [-0.15, -0.1) is 0 Å². The van der Waals surface area contributed by atoms with Crippen LogP contribution in [0.1, 0.15) is 12.8 Å².